The Morgan fingerprint density at radius 2 is 1.81 bits per heavy atom. The first-order valence-corrected chi connectivity index (χ1v) is 10.2. The monoisotopic (exact) mass is 452 g/mol. The largest absolute Gasteiger partial charge is 0.505 e. The lowest BCUT2D eigenvalue weighted by Gasteiger charge is -2.33. The highest BCUT2D eigenvalue weighted by Crippen LogP contribution is 2.43. The number of amides is 1. The first kappa shape index (κ1) is 21.1. The van der Waals surface area contributed by atoms with Crippen LogP contribution in [0, 0.1) is 0 Å². The molecular weight excluding hydrogens is 435 g/mol. The van der Waals surface area contributed by atoms with E-state index >= 15 is 0 Å². The summed E-state index contributed by atoms with van der Waals surface area (Å²) in [6.45, 7) is -0.254. The van der Waals surface area contributed by atoms with Gasteiger partial charge < -0.3 is 10.8 Å². The maximum atomic E-state index is 13.1. The third-order valence-corrected chi connectivity index (χ3v) is 5.62. The topological polar surface area (TPSA) is 92.3 Å². The average molecular weight is 453 g/mol. The molecule has 6 nitrogen and oxygen atoms in total. The predicted molar refractivity (Wildman–Crippen MR) is 122 cm³/mol. The van der Waals surface area contributed by atoms with Crippen molar-refractivity contribution >= 4 is 45.7 Å². The summed E-state index contributed by atoms with van der Waals surface area (Å²) in [5.74, 6) is -0.474. The summed E-state index contributed by atoms with van der Waals surface area (Å²) in [5.41, 5.74) is 7.55. The number of nitrogens with zero attached hydrogens (tertiary/aromatic N) is 3. The molecule has 0 aliphatic carbocycles. The number of fused-ring (bicyclic) bond motifs is 1. The Bertz CT molecular complexity index is 1250. The third-order valence-electron chi connectivity index (χ3n) is 4.96. The molecule has 4 rings (SSSR count). The molecule has 0 saturated carbocycles. The number of rotatable bonds is 5. The van der Waals surface area contributed by atoms with Crippen LogP contribution < -0.4 is 10.6 Å². The third kappa shape index (κ3) is 3.93. The van der Waals surface area contributed by atoms with Gasteiger partial charge in [-0.1, -0.05) is 41.4 Å². The van der Waals surface area contributed by atoms with E-state index in [4.69, 9.17) is 28.9 Å². The van der Waals surface area contributed by atoms with Crippen LogP contribution in [0.3, 0.4) is 0 Å². The van der Waals surface area contributed by atoms with E-state index < -0.39 is 6.04 Å². The van der Waals surface area contributed by atoms with Crippen molar-refractivity contribution in [3.05, 3.63) is 94.4 Å². The second-order valence-corrected chi connectivity index (χ2v) is 7.61. The number of pyridine rings is 2. The Labute approximate surface area is 188 Å². The Morgan fingerprint density at radius 3 is 2.52 bits per heavy atom. The number of carbonyl (C=O) groups excluding carboxylic acids is 1. The number of carbonyl (C=O) groups is 1. The number of aromatic nitrogens is 2. The molecule has 1 atom stereocenters. The SMILES string of the molecule is NCC(=O)N(c1cccnc1)C(c1ccccc1Cl)c1cc(Cl)c2cccnc2c1O. The average Bonchev–Trinajstić information content (AvgIpc) is 2.81. The second-order valence-electron chi connectivity index (χ2n) is 6.80. The summed E-state index contributed by atoms with van der Waals surface area (Å²) in [7, 11) is 0. The zero-order valence-corrected chi connectivity index (χ0v) is 17.8. The molecule has 0 saturated heterocycles. The zero-order valence-electron chi connectivity index (χ0n) is 16.2. The Balaban J connectivity index is 2.05. The fraction of sp³-hybridized carbons (Fsp3) is 0.0870. The number of phenolic OH excluding ortho intramolecular Hbond substituents is 1. The van der Waals surface area contributed by atoms with Crippen molar-refractivity contribution in [3.8, 4) is 5.75 Å². The molecule has 2 heterocycles. The van der Waals surface area contributed by atoms with Crippen LogP contribution in [0.4, 0.5) is 5.69 Å². The summed E-state index contributed by atoms with van der Waals surface area (Å²) in [6, 6.07) is 14.9. The van der Waals surface area contributed by atoms with Crippen LogP contribution in [-0.4, -0.2) is 27.5 Å². The van der Waals surface area contributed by atoms with Gasteiger partial charge in [0.05, 0.1) is 29.5 Å². The van der Waals surface area contributed by atoms with Gasteiger partial charge in [-0.15, -0.1) is 0 Å². The lowest BCUT2D eigenvalue weighted by molar-refractivity contribution is -0.117. The molecule has 1 amide bonds. The Hall–Kier alpha value is -3.19. The number of hydrogen-bond acceptors (Lipinski definition) is 5. The lowest BCUT2D eigenvalue weighted by Crippen LogP contribution is -2.40. The van der Waals surface area contributed by atoms with Gasteiger partial charge in [-0.05, 0) is 42.0 Å². The van der Waals surface area contributed by atoms with Crippen LogP contribution in [0.25, 0.3) is 10.9 Å². The maximum absolute atomic E-state index is 13.1. The molecule has 2 aromatic carbocycles. The molecule has 31 heavy (non-hydrogen) atoms. The summed E-state index contributed by atoms with van der Waals surface area (Å²) >= 11 is 13.1. The van der Waals surface area contributed by atoms with Gasteiger partial charge in [-0.2, -0.15) is 0 Å². The fourth-order valence-electron chi connectivity index (χ4n) is 3.59. The van der Waals surface area contributed by atoms with E-state index in [9.17, 15) is 9.90 Å². The summed E-state index contributed by atoms with van der Waals surface area (Å²) in [4.78, 5) is 23.0. The number of aromatic hydroxyl groups is 1. The number of benzene rings is 2. The van der Waals surface area contributed by atoms with Gasteiger partial charge in [-0.25, -0.2) is 0 Å². The molecule has 3 N–H and O–H groups in total. The quantitative estimate of drug-likeness (QED) is 0.456. The summed E-state index contributed by atoms with van der Waals surface area (Å²) in [5, 5.41) is 12.6. The summed E-state index contributed by atoms with van der Waals surface area (Å²) < 4.78 is 0. The van der Waals surface area contributed by atoms with E-state index in [1.807, 2.05) is 0 Å². The molecule has 0 aliphatic rings. The molecule has 156 valence electrons. The number of hydrogen-bond donors (Lipinski definition) is 2. The van der Waals surface area contributed by atoms with E-state index in [0.717, 1.165) is 0 Å². The first-order chi connectivity index (χ1) is 15.0. The molecule has 4 aromatic rings. The number of halogens is 2. The minimum Gasteiger partial charge on any atom is -0.505 e. The van der Waals surface area contributed by atoms with Crippen LogP contribution in [0.5, 0.6) is 5.75 Å². The highest BCUT2D eigenvalue weighted by atomic mass is 35.5. The van der Waals surface area contributed by atoms with Crippen molar-refractivity contribution in [2.24, 2.45) is 5.73 Å². The molecule has 0 aliphatic heterocycles. The second kappa shape index (κ2) is 8.89. The van der Waals surface area contributed by atoms with Crippen LogP contribution in [-0.2, 0) is 4.79 Å². The van der Waals surface area contributed by atoms with Gasteiger partial charge in [0.1, 0.15) is 11.3 Å². The summed E-state index contributed by atoms with van der Waals surface area (Å²) in [6.07, 6.45) is 4.72. The van der Waals surface area contributed by atoms with Crippen molar-refractivity contribution in [1.29, 1.82) is 0 Å². The minimum atomic E-state index is -0.821. The van der Waals surface area contributed by atoms with E-state index in [1.54, 1.807) is 73.2 Å². The van der Waals surface area contributed by atoms with E-state index in [0.29, 0.717) is 37.8 Å². The van der Waals surface area contributed by atoms with Crippen LogP contribution >= 0.6 is 23.2 Å². The Morgan fingerprint density at radius 1 is 1.03 bits per heavy atom. The molecule has 0 bridgehead atoms. The molecule has 8 heteroatoms. The highest BCUT2D eigenvalue weighted by Gasteiger charge is 2.32. The van der Waals surface area contributed by atoms with Crippen LogP contribution in [0.1, 0.15) is 17.2 Å². The van der Waals surface area contributed by atoms with E-state index in [-0.39, 0.29) is 18.2 Å². The number of nitrogens with two attached hydrogens (primary N) is 1. The number of phenols is 1. The Kier molecular flexibility index (Phi) is 6.04. The highest BCUT2D eigenvalue weighted by molar-refractivity contribution is 6.35. The van der Waals surface area contributed by atoms with Crippen molar-refractivity contribution in [2.75, 3.05) is 11.4 Å². The van der Waals surface area contributed by atoms with Gasteiger partial charge in [0.25, 0.3) is 0 Å². The maximum Gasteiger partial charge on any atom is 0.241 e. The zero-order chi connectivity index (χ0) is 22.0. The fourth-order valence-corrected chi connectivity index (χ4v) is 4.10. The van der Waals surface area contributed by atoms with E-state index in [1.165, 1.54) is 4.90 Å². The molecule has 2 aromatic heterocycles. The van der Waals surface area contributed by atoms with E-state index in [2.05, 4.69) is 9.97 Å². The van der Waals surface area contributed by atoms with Gasteiger partial charge in [-0.3, -0.25) is 19.7 Å². The lowest BCUT2D eigenvalue weighted by atomic mass is 9.94. The van der Waals surface area contributed by atoms with Crippen LogP contribution in [0.2, 0.25) is 10.0 Å². The number of anilines is 1. The van der Waals surface area contributed by atoms with Crippen LogP contribution in [0.15, 0.2) is 73.2 Å². The normalized spacial score (nSPS) is 12.0. The molecule has 0 spiro atoms. The molecule has 0 radical (unpaired) electrons. The molecule has 1 unspecified atom stereocenters. The van der Waals surface area contributed by atoms with Gasteiger partial charge >= 0.3 is 0 Å². The molecule has 0 fully saturated rings. The van der Waals surface area contributed by atoms with Gasteiger partial charge in [0.2, 0.25) is 5.91 Å². The van der Waals surface area contributed by atoms with Crippen molar-refractivity contribution in [3.63, 3.8) is 0 Å². The predicted octanol–water partition coefficient (Wildman–Crippen LogP) is 4.72. The van der Waals surface area contributed by atoms with Crippen molar-refractivity contribution in [1.82, 2.24) is 9.97 Å². The first-order valence-electron chi connectivity index (χ1n) is 9.45. The van der Waals surface area contributed by atoms with Crippen molar-refractivity contribution < 1.29 is 9.90 Å². The minimum absolute atomic E-state index is 0.0939. The van der Waals surface area contributed by atoms with Gasteiger partial charge in [0, 0.05) is 28.4 Å². The van der Waals surface area contributed by atoms with Crippen molar-refractivity contribution in [2.45, 2.75) is 6.04 Å². The smallest absolute Gasteiger partial charge is 0.241 e. The molecular formula is C23H18Cl2N4O2. The van der Waals surface area contributed by atoms with Gasteiger partial charge in [0.15, 0.2) is 0 Å². The standard InChI is InChI=1S/C23H18Cl2N4O2/c24-18-8-2-1-6-16(18)22(29(20(30)12-26)14-5-3-9-27-13-14)17-11-19(25)15-7-4-10-28-21(15)23(17)31/h1-11,13,22,31H,12,26H2.